The number of aryl methyl sites for hydroxylation is 1. The highest BCUT2D eigenvalue weighted by Gasteiger charge is 2.18. The van der Waals surface area contributed by atoms with Gasteiger partial charge in [0.2, 0.25) is 0 Å². The first-order valence-corrected chi connectivity index (χ1v) is 7.13. The summed E-state index contributed by atoms with van der Waals surface area (Å²) >= 11 is 0. The number of nitrogens with one attached hydrogen (secondary N) is 1. The van der Waals surface area contributed by atoms with Gasteiger partial charge in [-0.1, -0.05) is 42.5 Å². The third-order valence-electron chi connectivity index (χ3n) is 3.85. The van der Waals surface area contributed by atoms with Crippen molar-refractivity contribution >= 4 is 10.8 Å². The van der Waals surface area contributed by atoms with E-state index < -0.39 is 0 Å². The smallest absolute Gasteiger partial charge is 0.0620 e. The van der Waals surface area contributed by atoms with Crippen LogP contribution in [0.2, 0.25) is 0 Å². The zero-order valence-electron chi connectivity index (χ0n) is 11.4. The molecular weight excluding hydrogens is 234 g/mol. The summed E-state index contributed by atoms with van der Waals surface area (Å²) in [7, 11) is 0. The van der Waals surface area contributed by atoms with Gasteiger partial charge in [0.15, 0.2) is 0 Å². The summed E-state index contributed by atoms with van der Waals surface area (Å²) in [6.45, 7) is 3.87. The van der Waals surface area contributed by atoms with Crippen LogP contribution >= 0.6 is 0 Å². The first-order valence-electron chi connectivity index (χ1n) is 7.13. The van der Waals surface area contributed by atoms with E-state index in [0.29, 0.717) is 12.1 Å². The average molecular weight is 255 g/mol. The van der Waals surface area contributed by atoms with Gasteiger partial charge < -0.3 is 10.1 Å². The second-order valence-corrected chi connectivity index (χ2v) is 5.48. The van der Waals surface area contributed by atoms with Gasteiger partial charge in [-0.3, -0.25) is 0 Å². The molecule has 0 radical (unpaired) electrons. The third kappa shape index (κ3) is 2.96. The minimum atomic E-state index is 0.478. The van der Waals surface area contributed by atoms with Crippen molar-refractivity contribution in [3.05, 3.63) is 48.0 Å². The van der Waals surface area contributed by atoms with Crippen molar-refractivity contribution in [2.24, 2.45) is 0 Å². The first-order chi connectivity index (χ1) is 9.33. The molecule has 2 aromatic carbocycles. The SMILES string of the molecule is CC1COCC(CCc2cccc3ccccc23)N1. The summed E-state index contributed by atoms with van der Waals surface area (Å²) in [6, 6.07) is 16.2. The van der Waals surface area contributed by atoms with E-state index in [1.54, 1.807) is 0 Å². The van der Waals surface area contributed by atoms with Gasteiger partial charge in [-0.15, -0.1) is 0 Å². The zero-order chi connectivity index (χ0) is 13.1. The Bertz CT molecular complexity index is 546. The van der Waals surface area contributed by atoms with Gasteiger partial charge in [0.25, 0.3) is 0 Å². The van der Waals surface area contributed by atoms with Crippen LogP contribution in [-0.4, -0.2) is 25.3 Å². The summed E-state index contributed by atoms with van der Waals surface area (Å²) in [5.41, 5.74) is 1.44. The third-order valence-corrected chi connectivity index (χ3v) is 3.85. The number of hydrogen-bond acceptors (Lipinski definition) is 2. The molecule has 2 nitrogen and oxygen atoms in total. The molecule has 1 aliphatic rings. The molecule has 0 amide bonds. The lowest BCUT2D eigenvalue weighted by Gasteiger charge is -2.29. The number of ether oxygens (including phenoxy) is 1. The molecule has 1 fully saturated rings. The first kappa shape index (κ1) is 12.6. The van der Waals surface area contributed by atoms with Gasteiger partial charge in [-0.25, -0.2) is 0 Å². The van der Waals surface area contributed by atoms with Crippen molar-refractivity contribution in [3.8, 4) is 0 Å². The van der Waals surface area contributed by atoms with Crippen molar-refractivity contribution in [1.82, 2.24) is 5.32 Å². The maximum absolute atomic E-state index is 5.61. The number of fused-ring (bicyclic) bond motifs is 1. The van der Waals surface area contributed by atoms with E-state index in [-0.39, 0.29) is 0 Å². The molecule has 19 heavy (non-hydrogen) atoms. The van der Waals surface area contributed by atoms with Crippen molar-refractivity contribution in [2.45, 2.75) is 31.8 Å². The zero-order valence-corrected chi connectivity index (χ0v) is 11.4. The van der Waals surface area contributed by atoms with Gasteiger partial charge in [0.1, 0.15) is 0 Å². The highest BCUT2D eigenvalue weighted by Crippen LogP contribution is 2.20. The van der Waals surface area contributed by atoms with E-state index in [2.05, 4.69) is 54.7 Å². The standard InChI is InChI=1S/C17H21NO/c1-13-11-19-12-16(18-13)10-9-15-7-4-6-14-5-2-3-8-17(14)15/h2-8,13,16,18H,9-12H2,1H3. The summed E-state index contributed by atoms with van der Waals surface area (Å²) in [6.07, 6.45) is 2.24. The van der Waals surface area contributed by atoms with Gasteiger partial charge in [-0.05, 0) is 36.1 Å². The molecule has 2 heteroatoms. The van der Waals surface area contributed by atoms with E-state index in [1.165, 1.54) is 16.3 Å². The molecule has 1 N–H and O–H groups in total. The molecule has 1 saturated heterocycles. The summed E-state index contributed by atoms with van der Waals surface area (Å²) < 4.78 is 5.61. The molecule has 100 valence electrons. The lowest BCUT2D eigenvalue weighted by molar-refractivity contribution is 0.0483. The highest BCUT2D eigenvalue weighted by molar-refractivity contribution is 5.85. The minimum Gasteiger partial charge on any atom is -0.378 e. The number of hydrogen-bond donors (Lipinski definition) is 1. The van der Waals surface area contributed by atoms with Crippen LogP contribution in [0.1, 0.15) is 18.9 Å². The van der Waals surface area contributed by atoms with Crippen LogP contribution in [0, 0.1) is 0 Å². The molecule has 2 aromatic rings. The molecule has 0 aliphatic carbocycles. The van der Waals surface area contributed by atoms with Crippen LogP contribution in [0.4, 0.5) is 0 Å². The predicted octanol–water partition coefficient (Wildman–Crippen LogP) is 3.15. The lowest BCUT2D eigenvalue weighted by atomic mass is 9.98. The Morgan fingerprint density at radius 3 is 2.84 bits per heavy atom. The average Bonchev–Trinajstić information content (AvgIpc) is 2.45. The predicted molar refractivity (Wildman–Crippen MR) is 79.5 cm³/mol. The van der Waals surface area contributed by atoms with Crippen LogP contribution in [0.25, 0.3) is 10.8 Å². The normalized spacial score (nSPS) is 23.6. The van der Waals surface area contributed by atoms with Gasteiger partial charge in [0.05, 0.1) is 13.2 Å². The second kappa shape index (κ2) is 5.72. The quantitative estimate of drug-likeness (QED) is 0.909. The number of rotatable bonds is 3. The Labute approximate surface area is 114 Å². The van der Waals surface area contributed by atoms with Crippen LogP contribution in [-0.2, 0) is 11.2 Å². The summed E-state index contributed by atoms with van der Waals surface area (Å²) in [5.74, 6) is 0. The molecule has 1 heterocycles. The van der Waals surface area contributed by atoms with Gasteiger partial charge in [-0.2, -0.15) is 0 Å². The van der Waals surface area contributed by atoms with Crippen LogP contribution in [0.3, 0.4) is 0 Å². The van der Waals surface area contributed by atoms with Crippen LogP contribution in [0.5, 0.6) is 0 Å². The van der Waals surface area contributed by atoms with E-state index >= 15 is 0 Å². The van der Waals surface area contributed by atoms with Crippen molar-refractivity contribution in [1.29, 1.82) is 0 Å². The van der Waals surface area contributed by atoms with E-state index in [9.17, 15) is 0 Å². The number of benzene rings is 2. The van der Waals surface area contributed by atoms with Crippen LogP contribution < -0.4 is 5.32 Å². The largest absolute Gasteiger partial charge is 0.378 e. The molecule has 0 aromatic heterocycles. The fraction of sp³-hybridized carbons (Fsp3) is 0.412. The highest BCUT2D eigenvalue weighted by atomic mass is 16.5. The van der Waals surface area contributed by atoms with E-state index in [1.807, 2.05) is 0 Å². The Balaban J connectivity index is 1.71. The molecular formula is C17H21NO. The Kier molecular flexibility index (Phi) is 3.81. The molecule has 3 rings (SSSR count). The summed E-state index contributed by atoms with van der Waals surface area (Å²) in [4.78, 5) is 0. The maximum atomic E-state index is 5.61. The molecule has 0 spiro atoms. The summed E-state index contributed by atoms with van der Waals surface area (Å²) in [5, 5.41) is 6.33. The maximum Gasteiger partial charge on any atom is 0.0620 e. The molecule has 2 atom stereocenters. The fourth-order valence-electron chi connectivity index (χ4n) is 2.89. The van der Waals surface area contributed by atoms with E-state index in [0.717, 1.165) is 26.1 Å². The van der Waals surface area contributed by atoms with Gasteiger partial charge in [0, 0.05) is 12.1 Å². The van der Waals surface area contributed by atoms with Crippen molar-refractivity contribution in [3.63, 3.8) is 0 Å². The van der Waals surface area contributed by atoms with E-state index in [4.69, 9.17) is 4.74 Å². The van der Waals surface area contributed by atoms with Crippen molar-refractivity contribution in [2.75, 3.05) is 13.2 Å². The fourth-order valence-corrected chi connectivity index (χ4v) is 2.89. The minimum absolute atomic E-state index is 0.478. The monoisotopic (exact) mass is 255 g/mol. The van der Waals surface area contributed by atoms with Crippen LogP contribution in [0.15, 0.2) is 42.5 Å². The Hall–Kier alpha value is -1.38. The van der Waals surface area contributed by atoms with Gasteiger partial charge >= 0.3 is 0 Å². The van der Waals surface area contributed by atoms with Crippen molar-refractivity contribution < 1.29 is 4.74 Å². The lowest BCUT2D eigenvalue weighted by Crippen LogP contribution is -2.47. The Morgan fingerprint density at radius 2 is 1.95 bits per heavy atom. The Morgan fingerprint density at radius 1 is 1.11 bits per heavy atom. The number of morpholine rings is 1. The second-order valence-electron chi connectivity index (χ2n) is 5.48. The molecule has 0 bridgehead atoms. The molecule has 1 aliphatic heterocycles. The topological polar surface area (TPSA) is 21.3 Å². The molecule has 0 saturated carbocycles. The molecule has 2 unspecified atom stereocenters.